The second-order valence-corrected chi connectivity index (χ2v) is 4.49. The highest BCUT2D eigenvalue weighted by atomic mass is 35.5. The molecule has 1 heteroatoms. The minimum absolute atomic E-state index is 0.302. The van der Waals surface area contributed by atoms with Crippen molar-refractivity contribution in [3.63, 3.8) is 0 Å². The highest BCUT2D eigenvalue weighted by molar-refractivity contribution is 6.20. The molecule has 0 aliphatic heterocycles. The molecule has 1 unspecified atom stereocenters. The maximum atomic E-state index is 6.27. The van der Waals surface area contributed by atoms with Crippen molar-refractivity contribution in [3.05, 3.63) is 35.4 Å². The van der Waals surface area contributed by atoms with Crippen molar-refractivity contribution in [1.82, 2.24) is 0 Å². The molecule has 0 saturated carbocycles. The van der Waals surface area contributed by atoms with Gasteiger partial charge in [-0.3, -0.25) is 0 Å². The zero-order chi connectivity index (χ0) is 10.4. The molecular weight excluding hydrogens is 192 g/mol. The van der Waals surface area contributed by atoms with Crippen LogP contribution in [0.5, 0.6) is 0 Å². The summed E-state index contributed by atoms with van der Waals surface area (Å²) in [6, 6.07) is 8.50. The van der Waals surface area contributed by atoms with Crippen molar-refractivity contribution >= 4 is 11.6 Å². The van der Waals surface area contributed by atoms with Crippen LogP contribution >= 0.6 is 11.6 Å². The molecule has 0 aliphatic rings. The molecule has 0 heterocycles. The minimum Gasteiger partial charge on any atom is -0.123 e. The summed E-state index contributed by atoms with van der Waals surface area (Å²) < 4.78 is 0. The van der Waals surface area contributed by atoms with Crippen molar-refractivity contribution in [2.75, 3.05) is 0 Å². The highest BCUT2D eigenvalue weighted by Gasteiger charge is 2.06. The van der Waals surface area contributed by atoms with Crippen LogP contribution in [-0.4, -0.2) is 5.38 Å². The molecule has 0 radical (unpaired) electrons. The first kappa shape index (κ1) is 11.6. The largest absolute Gasteiger partial charge is 0.123 e. The van der Waals surface area contributed by atoms with Crippen LogP contribution in [0.25, 0.3) is 0 Å². The van der Waals surface area contributed by atoms with Gasteiger partial charge >= 0.3 is 0 Å². The van der Waals surface area contributed by atoms with Gasteiger partial charge in [0.15, 0.2) is 0 Å². The molecule has 0 aliphatic carbocycles. The van der Waals surface area contributed by atoms with E-state index >= 15 is 0 Å². The first-order valence-corrected chi connectivity index (χ1v) is 5.86. The van der Waals surface area contributed by atoms with Gasteiger partial charge < -0.3 is 0 Å². The molecule has 14 heavy (non-hydrogen) atoms. The van der Waals surface area contributed by atoms with E-state index < -0.39 is 0 Å². The number of hydrogen-bond donors (Lipinski definition) is 0. The Balaban J connectivity index is 2.47. The van der Waals surface area contributed by atoms with E-state index in [1.807, 2.05) is 0 Å². The Kier molecular flexibility index (Phi) is 5.03. The normalized spacial score (nSPS) is 12.8. The van der Waals surface area contributed by atoms with Gasteiger partial charge in [-0.15, -0.1) is 11.6 Å². The predicted octanol–water partition coefficient (Wildman–Crippen LogP) is 4.34. The van der Waals surface area contributed by atoms with Crippen LogP contribution in [0.2, 0.25) is 0 Å². The molecule has 0 nitrogen and oxygen atoms in total. The summed E-state index contributed by atoms with van der Waals surface area (Å²) in [5.74, 6) is 0. The summed E-state index contributed by atoms with van der Waals surface area (Å²) in [5, 5.41) is 0.302. The van der Waals surface area contributed by atoms with Crippen molar-refractivity contribution in [1.29, 1.82) is 0 Å². The smallest absolute Gasteiger partial charge is 0.0376 e. The van der Waals surface area contributed by atoms with Crippen molar-refractivity contribution in [2.24, 2.45) is 0 Å². The molecule has 0 amide bonds. The zero-order valence-corrected chi connectivity index (χ0v) is 9.85. The molecule has 1 aromatic rings. The third-order valence-corrected chi connectivity index (χ3v) is 2.95. The Labute approximate surface area is 92.3 Å². The molecule has 1 rings (SSSR count). The lowest BCUT2D eigenvalue weighted by molar-refractivity contribution is 0.673. The van der Waals surface area contributed by atoms with Crippen LogP contribution in [-0.2, 0) is 6.42 Å². The second-order valence-electron chi connectivity index (χ2n) is 3.87. The van der Waals surface area contributed by atoms with E-state index in [0.29, 0.717) is 5.38 Å². The fraction of sp³-hybridized carbons (Fsp3) is 0.538. The highest BCUT2D eigenvalue weighted by Crippen LogP contribution is 2.16. The van der Waals surface area contributed by atoms with E-state index in [1.165, 1.54) is 24.0 Å². The average Bonchev–Trinajstić information content (AvgIpc) is 2.18. The van der Waals surface area contributed by atoms with E-state index in [9.17, 15) is 0 Å². The van der Waals surface area contributed by atoms with Gasteiger partial charge in [0, 0.05) is 5.38 Å². The van der Waals surface area contributed by atoms with Gasteiger partial charge in [0.05, 0.1) is 0 Å². The lowest BCUT2D eigenvalue weighted by atomic mass is 10.0. The zero-order valence-electron chi connectivity index (χ0n) is 9.09. The molecule has 0 fully saturated rings. The average molecular weight is 211 g/mol. The van der Waals surface area contributed by atoms with Gasteiger partial charge in [-0.1, -0.05) is 44.0 Å². The number of alkyl halides is 1. The number of benzene rings is 1. The van der Waals surface area contributed by atoms with Crippen LogP contribution in [0.4, 0.5) is 0 Å². The first-order chi connectivity index (χ1) is 6.74. The Morgan fingerprint density at radius 1 is 1.29 bits per heavy atom. The van der Waals surface area contributed by atoms with E-state index in [2.05, 4.69) is 38.1 Å². The molecule has 0 N–H and O–H groups in total. The van der Waals surface area contributed by atoms with Crippen molar-refractivity contribution in [2.45, 2.75) is 44.9 Å². The fourth-order valence-corrected chi connectivity index (χ4v) is 1.93. The molecular formula is C13H19Cl. The third kappa shape index (κ3) is 3.71. The van der Waals surface area contributed by atoms with Gasteiger partial charge in [0.1, 0.15) is 0 Å². The van der Waals surface area contributed by atoms with Crippen LogP contribution in [0.3, 0.4) is 0 Å². The van der Waals surface area contributed by atoms with E-state index in [0.717, 1.165) is 12.8 Å². The molecule has 0 bridgehead atoms. The van der Waals surface area contributed by atoms with Gasteiger partial charge in [-0.2, -0.15) is 0 Å². The lowest BCUT2D eigenvalue weighted by Gasteiger charge is -2.10. The Bertz CT molecular complexity index is 268. The van der Waals surface area contributed by atoms with Crippen LogP contribution < -0.4 is 0 Å². The van der Waals surface area contributed by atoms with Crippen LogP contribution in [0.15, 0.2) is 24.3 Å². The first-order valence-electron chi connectivity index (χ1n) is 5.42. The van der Waals surface area contributed by atoms with Gasteiger partial charge in [-0.25, -0.2) is 0 Å². The molecule has 78 valence electrons. The molecule has 1 aromatic carbocycles. The summed E-state index contributed by atoms with van der Waals surface area (Å²) in [6.45, 7) is 4.36. The van der Waals surface area contributed by atoms with Crippen molar-refractivity contribution in [3.8, 4) is 0 Å². The van der Waals surface area contributed by atoms with Gasteiger partial charge in [-0.05, 0) is 30.9 Å². The SMILES string of the molecule is CCCCC(Cl)Cc1ccccc1C. The molecule has 1 atom stereocenters. The predicted molar refractivity (Wildman–Crippen MR) is 64.0 cm³/mol. The summed E-state index contributed by atoms with van der Waals surface area (Å²) in [7, 11) is 0. The quantitative estimate of drug-likeness (QED) is 0.635. The van der Waals surface area contributed by atoms with E-state index in [4.69, 9.17) is 11.6 Å². The van der Waals surface area contributed by atoms with Gasteiger partial charge in [0.2, 0.25) is 0 Å². The topological polar surface area (TPSA) is 0 Å². The summed E-state index contributed by atoms with van der Waals surface area (Å²) in [5.41, 5.74) is 2.75. The molecule has 0 spiro atoms. The Morgan fingerprint density at radius 3 is 2.64 bits per heavy atom. The number of rotatable bonds is 5. The van der Waals surface area contributed by atoms with E-state index in [1.54, 1.807) is 0 Å². The number of aryl methyl sites for hydroxylation is 1. The summed E-state index contributed by atoms with van der Waals surface area (Å²) >= 11 is 6.27. The van der Waals surface area contributed by atoms with Crippen LogP contribution in [0.1, 0.15) is 37.3 Å². The summed E-state index contributed by atoms with van der Waals surface area (Å²) in [4.78, 5) is 0. The Hall–Kier alpha value is -0.490. The van der Waals surface area contributed by atoms with Crippen molar-refractivity contribution < 1.29 is 0 Å². The Morgan fingerprint density at radius 2 is 2.00 bits per heavy atom. The van der Waals surface area contributed by atoms with Gasteiger partial charge in [0.25, 0.3) is 0 Å². The maximum absolute atomic E-state index is 6.27. The monoisotopic (exact) mass is 210 g/mol. The maximum Gasteiger partial charge on any atom is 0.0376 e. The standard InChI is InChI=1S/C13H19Cl/c1-3-4-9-13(14)10-12-8-6-5-7-11(12)2/h5-8,13H,3-4,9-10H2,1-2H3. The fourth-order valence-electron chi connectivity index (χ4n) is 1.61. The third-order valence-electron chi connectivity index (χ3n) is 2.57. The number of hydrogen-bond acceptors (Lipinski definition) is 0. The molecule has 0 saturated heterocycles. The molecule has 0 aromatic heterocycles. The van der Waals surface area contributed by atoms with E-state index in [-0.39, 0.29) is 0 Å². The lowest BCUT2D eigenvalue weighted by Crippen LogP contribution is -2.04. The second kappa shape index (κ2) is 6.08. The number of unbranched alkanes of at least 4 members (excludes halogenated alkanes) is 1. The summed E-state index contributed by atoms with van der Waals surface area (Å²) in [6.07, 6.45) is 4.61. The number of halogens is 1. The van der Waals surface area contributed by atoms with Crippen LogP contribution in [0, 0.1) is 6.92 Å². The minimum atomic E-state index is 0.302.